The van der Waals surface area contributed by atoms with Gasteiger partial charge in [-0.15, -0.1) is 0 Å². The second-order valence-electron chi connectivity index (χ2n) is 8.91. The Bertz CT molecular complexity index is 220. The maximum absolute atomic E-state index is 3.47. The molecule has 0 aromatic carbocycles. The van der Waals surface area contributed by atoms with E-state index in [9.17, 15) is 0 Å². The quantitative estimate of drug-likeness (QED) is 0.121. The fourth-order valence-corrected chi connectivity index (χ4v) is 3.66. The molecule has 2 heterocycles. The summed E-state index contributed by atoms with van der Waals surface area (Å²) in [6.45, 7) is 21.7. The molecule has 2 aliphatic heterocycles. The van der Waals surface area contributed by atoms with Crippen LogP contribution in [0.25, 0.3) is 0 Å². The molecule has 10 N–H and O–H groups in total. The molecule has 0 aliphatic carbocycles. The molecule has 1 radical (unpaired) electrons. The van der Waals surface area contributed by atoms with Crippen LogP contribution in [0.2, 0.25) is 0 Å². The van der Waals surface area contributed by atoms with Crippen molar-refractivity contribution in [3.8, 4) is 0 Å². The fourth-order valence-electron chi connectivity index (χ4n) is 3.66. The molecule has 2 fully saturated rings. The van der Waals surface area contributed by atoms with Crippen LogP contribution in [0.4, 0.5) is 0 Å². The molecule has 13 heteroatoms. The van der Waals surface area contributed by atoms with E-state index in [0.29, 0.717) is 0 Å². The van der Waals surface area contributed by atoms with Crippen molar-refractivity contribution in [2.75, 3.05) is 131 Å². The zero-order chi connectivity index (χ0) is 24.0. The van der Waals surface area contributed by atoms with E-state index in [1.54, 1.807) is 0 Å². The molecule has 0 aromatic heterocycles. The molecule has 0 amide bonds. The minimum Gasteiger partial charge on any atom is -1.00 e. The molecule has 225 valence electrons. The van der Waals surface area contributed by atoms with E-state index in [1.165, 1.54) is 25.7 Å². The Labute approximate surface area is 251 Å². The van der Waals surface area contributed by atoms with Crippen LogP contribution in [0, 0.1) is 0 Å². The Morgan fingerprint density at radius 2 is 0.297 bits per heavy atom. The monoisotopic (exact) mass is 611 g/mol. The Hall–Kier alpha value is 0.699. The molecule has 0 unspecified atom stereocenters. The van der Waals surface area contributed by atoms with E-state index in [4.69, 9.17) is 0 Å². The zero-order valence-corrected chi connectivity index (χ0v) is 25.8. The van der Waals surface area contributed by atoms with Gasteiger partial charge in [0.1, 0.15) is 0 Å². The van der Waals surface area contributed by atoms with E-state index in [0.717, 1.165) is 131 Å². The average molecular weight is 613 g/mol. The van der Waals surface area contributed by atoms with Crippen LogP contribution in [0.3, 0.4) is 0 Å². The van der Waals surface area contributed by atoms with Crippen molar-refractivity contribution in [2.24, 2.45) is 0 Å². The summed E-state index contributed by atoms with van der Waals surface area (Å²) in [4.78, 5) is 0. The summed E-state index contributed by atoms with van der Waals surface area (Å²) >= 11 is 0. The molecule has 37 heavy (non-hydrogen) atoms. The van der Waals surface area contributed by atoms with Crippen LogP contribution < -0.4 is 78.0 Å². The minimum absolute atomic E-state index is 0. The third kappa shape index (κ3) is 36.7. The second kappa shape index (κ2) is 38.8. The van der Waals surface area contributed by atoms with Crippen molar-refractivity contribution in [1.29, 1.82) is 0 Å². The Balaban J connectivity index is -0.000000578. The molecule has 0 saturated carbocycles. The first-order valence-electron chi connectivity index (χ1n) is 14.1. The molecule has 2 saturated heterocycles. The van der Waals surface area contributed by atoms with Gasteiger partial charge in [-0.25, -0.2) is 0 Å². The number of hydrogen-bond donors (Lipinski definition) is 10. The summed E-state index contributed by atoms with van der Waals surface area (Å²) in [6, 6.07) is 0. The van der Waals surface area contributed by atoms with Gasteiger partial charge in [0.15, 0.2) is 0 Å². The third-order valence-corrected chi connectivity index (χ3v) is 5.70. The van der Waals surface area contributed by atoms with Crippen LogP contribution in [0.5, 0.6) is 0 Å². The summed E-state index contributed by atoms with van der Waals surface area (Å²) in [5.41, 5.74) is 0. The molecule has 2 rings (SSSR count). The minimum atomic E-state index is 0. The fraction of sp³-hybridized carbons (Fsp3) is 1.00. The summed E-state index contributed by atoms with van der Waals surface area (Å²) < 4.78 is 0. The summed E-state index contributed by atoms with van der Waals surface area (Å²) in [5, 5.41) is 34.4. The van der Waals surface area contributed by atoms with E-state index in [2.05, 4.69) is 53.2 Å². The summed E-state index contributed by atoms with van der Waals surface area (Å²) in [5.74, 6) is 0. The smallest absolute Gasteiger partial charge is 1.00 e. The standard InChI is InChI=1S/2C12H29N5.2ClH.Mn/c2*1-3-13-4-2-6-15-8-10-17-12-11-16-9-7-14-5-1;;;/h2*13-17H,1-12H2;2*1H;/q;;;;+2/p-2. The van der Waals surface area contributed by atoms with Crippen LogP contribution in [-0.2, 0) is 17.1 Å². The molecule has 2 aliphatic rings. The number of hydrogen-bond acceptors (Lipinski definition) is 10. The van der Waals surface area contributed by atoms with Crippen LogP contribution in [0.1, 0.15) is 25.7 Å². The van der Waals surface area contributed by atoms with Crippen molar-refractivity contribution in [2.45, 2.75) is 25.7 Å². The first kappa shape index (κ1) is 42.2. The predicted octanol–water partition coefficient (Wildman–Crippen LogP) is -8.54. The first-order valence-corrected chi connectivity index (χ1v) is 14.1. The van der Waals surface area contributed by atoms with Gasteiger partial charge in [0.2, 0.25) is 0 Å². The van der Waals surface area contributed by atoms with E-state index in [1.807, 2.05) is 0 Å². The third-order valence-electron chi connectivity index (χ3n) is 5.70. The van der Waals surface area contributed by atoms with Gasteiger partial charge >= 0.3 is 17.1 Å². The predicted molar refractivity (Wildman–Crippen MR) is 147 cm³/mol. The van der Waals surface area contributed by atoms with Gasteiger partial charge in [-0.1, -0.05) is 0 Å². The first-order chi connectivity index (χ1) is 17.0. The van der Waals surface area contributed by atoms with Gasteiger partial charge in [-0.2, -0.15) is 0 Å². The molecule has 0 spiro atoms. The van der Waals surface area contributed by atoms with Gasteiger partial charge in [-0.05, 0) is 78.0 Å². The maximum atomic E-state index is 3.47. The molecular formula is C24H58Cl2MnN10. The number of rotatable bonds is 0. The Kier molecular flexibility index (Phi) is 44.3. The second-order valence-corrected chi connectivity index (χ2v) is 8.91. The van der Waals surface area contributed by atoms with Crippen LogP contribution in [-0.4, -0.2) is 131 Å². The van der Waals surface area contributed by atoms with Gasteiger partial charge < -0.3 is 78.0 Å². The van der Waals surface area contributed by atoms with Crippen molar-refractivity contribution >= 4 is 0 Å². The molecular weight excluding hydrogens is 554 g/mol. The summed E-state index contributed by atoms with van der Waals surface area (Å²) in [7, 11) is 0. The summed E-state index contributed by atoms with van der Waals surface area (Å²) in [6.07, 6.45) is 4.87. The maximum Gasteiger partial charge on any atom is 2.00 e. The molecule has 0 aromatic rings. The van der Waals surface area contributed by atoms with E-state index >= 15 is 0 Å². The molecule has 0 atom stereocenters. The number of halogens is 2. The van der Waals surface area contributed by atoms with Gasteiger partial charge in [0, 0.05) is 78.5 Å². The van der Waals surface area contributed by atoms with E-state index < -0.39 is 0 Å². The van der Waals surface area contributed by atoms with Crippen molar-refractivity contribution in [1.82, 2.24) is 53.2 Å². The topological polar surface area (TPSA) is 120 Å². The van der Waals surface area contributed by atoms with E-state index in [-0.39, 0.29) is 41.9 Å². The number of nitrogens with one attached hydrogen (secondary N) is 10. The van der Waals surface area contributed by atoms with Gasteiger partial charge in [0.05, 0.1) is 0 Å². The van der Waals surface area contributed by atoms with Crippen LogP contribution in [0.15, 0.2) is 0 Å². The van der Waals surface area contributed by atoms with Crippen molar-refractivity contribution in [3.63, 3.8) is 0 Å². The molecule has 10 nitrogen and oxygen atoms in total. The van der Waals surface area contributed by atoms with Crippen molar-refractivity contribution < 1.29 is 41.9 Å². The zero-order valence-electron chi connectivity index (χ0n) is 23.1. The molecule has 0 bridgehead atoms. The van der Waals surface area contributed by atoms with Gasteiger partial charge in [0.25, 0.3) is 0 Å². The Morgan fingerprint density at radius 3 is 0.459 bits per heavy atom. The van der Waals surface area contributed by atoms with Crippen molar-refractivity contribution in [3.05, 3.63) is 0 Å². The SMILES string of the molecule is C1CNCCCNCCNCCNCCNC1.C1CNCCCNCCNCCNCCNC1.[Cl-].[Cl-].[Mn+2]. The normalized spacial score (nSPS) is 22.1. The van der Waals surface area contributed by atoms with Crippen LogP contribution >= 0.6 is 0 Å². The largest absolute Gasteiger partial charge is 2.00 e. The average Bonchev–Trinajstić information content (AvgIpc) is 2.86. The van der Waals surface area contributed by atoms with Gasteiger partial charge in [-0.3, -0.25) is 0 Å². The Morgan fingerprint density at radius 1 is 0.189 bits per heavy atom.